The molecule has 0 amide bonds. The number of aliphatic hydroxyl groups excluding tert-OH is 1. The zero-order chi connectivity index (χ0) is 24.9. The summed E-state index contributed by atoms with van der Waals surface area (Å²) in [7, 11) is 0. The fraction of sp³-hybridized carbons (Fsp3) is 0.867. The third-order valence-corrected chi connectivity index (χ3v) is 13.0. The molecule has 0 aromatic carbocycles. The highest BCUT2D eigenvalue weighted by molar-refractivity contribution is 5.76. The van der Waals surface area contributed by atoms with Crippen LogP contribution in [0.4, 0.5) is 0 Å². The van der Waals surface area contributed by atoms with Crippen LogP contribution in [-0.4, -0.2) is 28.6 Å². The van der Waals surface area contributed by atoms with Gasteiger partial charge in [-0.1, -0.05) is 53.2 Å². The highest BCUT2D eigenvalue weighted by atomic mass is 16.4. The van der Waals surface area contributed by atoms with Gasteiger partial charge >= 0.3 is 5.97 Å². The number of allylic oxidation sites excluding steroid dienone is 2. The fourth-order valence-electron chi connectivity index (χ4n) is 10.5. The third kappa shape index (κ3) is 2.81. The average Bonchev–Trinajstić information content (AvgIpc) is 2.76. The van der Waals surface area contributed by atoms with E-state index in [1.54, 1.807) is 0 Å². The summed E-state index contributed by atoms with van der Waals surface area (Å²) in [6.45, 7) is 14.0. The van der Waals surface area contributed by atoms with Crippen molar-refractivity contribution in [3.63, 3.8) is 0 Å². The first-order valence-electron chi connectivity index (χ1n) is 13.8. The Morgan fingerprint density at radius 1 is 0.941 bits per heavy atom. The lowest BCUT2D eigenvalue weighted by Gasteiger charge is -2.70. The summed E-state index contributed by atoms with van der Waals surface area (Å²) in [5, 5.41) is 21.3. The number of hydrogen-bond donors (Lipinski definition) is 2. The van der Waals surface area contributed by atoms with Crippen molar-refractivity contribution >= 4 is 12.3 Å². The Morgan fingerprint density at radius 3 is 2.26 bits per heavy atom. The molecule has 0 unspecified atom stereocenters. The monoisotopic (exact) mass is 470 g/mol. The molecule has 0 aromatic heterocycles. The summed E-state index contributed by atoms with van der Waals surface area (Å²) in [6, 6.07) is 0. The molecule has 4 nitrogen and oxygen atoms in total. The number of aldehydes is 1. The van der Waals surface area contributed by atoms with Crippen molar-refractivity contribution < 1.29 is 19.8 Å². The van der Waals surface area contributed by atoms with Crippen LogP contribution in [0.25, 0.3) is 0 Å². The van der Waals surface area contributed by atoms with Crippen LogP contribution in [0, 0.1) is 50.2 Å². The predicted octanol–water partition coefficient (Wildman–Crippen LogP) is 6.41. The molecule has 0 spiro atoms. The van der Waals surface area contributed by atoms with E-state index in [1.807, 2.05) is 6.92 Å². The molecule has 4 heteroatoms. The van der Waals surface area contributed by atoms with Gasteiger partial charge in [-0.25, -0.2) is 0 Å². The molecular weight excluding hydrogens is 424 g/mol. The molecule has 0 heterocycles. The minimum absolute atomic E-state index is 0.00538. The first-order chi connectivity index (χ1) is 15.7. The number of rotatable bonds is 2. The van der Waals surface area contributed by atoms with E-state index in [2.05, 4.69) is 40.7 Å². The van der Waals surface area contributed by atoms with Crippen molar-refractivity contribution in [3.8, 4) is 0 Å². The van der Waals surface area contributed by atoms with Crippen molar-refractivity contribution in [3.05, 3.63) is 11.6 Å². The molecule has 0 bridgehead atoms. The number of aliphatic hydroxyl groups is 1. The Labute approximate surface area is 206 Å². The quantitative estimate of drug-likeness (QED) is 0.361. The number of carbonyl (C=O) groups is 2. The molecule has 5 aliphatic carbocycles. The normalized spacial score (nSPS) is 53.9. The summed E-state index contributed by atoms with van der Waals surface area (Å²) >= 11 is 0. The molecule has 190 valence electrons. The summed E-state index contributed by atoms with van der Waals surface area (Å²) in [6.07, 6.45) is 12.1. The van der Waals surface area contributed by atoms with Gasteiger partial charge in [0.1, 0.15) is 6.29 Å². The lowest BCUT2D eigenvalue weighted by molar-refractivity contribution is -0.204. The summed E-state index contributed by atoms with van der Waals surface area (Å²) in [5.41, 5.74) is 0.446. The largest absolute Gasteiger partial charge is 0.481 e. The van der Waals surface area contributed by atoms with Gasteiger partial charge in [0.25, 0.3) is 0 Å². The summed E-state index contributed by atoms with van der Waals surface area (Å²) < 4.78 is 0. The smallest absolute Gasteiger partial charge is 0.310 e. The van der Waals surface area contributed by atoms with E-state index < -0.39 is 22.9 Å². The Bertz CT molecular complexity index is 936. The van der Waals surface area contributed by atoms with Gasteiger partial charge in [-0.2, -0.15) is 0 Å². The standard InChI is InChI=1S/C30H46O4/c1-25(2)13-15-30(24(33)34)16-14-28(5)19(20(30)17-25)7-8-22-26(3)11-10-23(32)27(4,18-31)21(26)9-12-29(22,28)6/h7,18,20-23,32H,8-17H2,1-6H3,(H,33,34)/t20-,21-,22+,23-,26-,27-,28+,29+,30-/m0/s1. The van der Waals surface area contributed by atoms with Gasteiger partial charge in [-0.15, -0.1) is 0 Å². The minimum Gasteiger partial charge on any atom is -0.481 e. The second kappa shape index (κ2) is 7.20. The number of fused-ring (bicyclic) bond motifs is 7. The molecule has 4 fully saturated rings. The van der Waals surface area contributed by atoms with E-state index >= 15 is 0 Å². The van der Waals surface area contributed by atoms with Gasteiger partial charge in [0.2, 0.25) is 0 Å². The van der Waals surface area contributed by atoms with Crippen molar-refractivity contribution in [1.29, 1.82) is 0 Å². The molecule has 5 aliphatic rings. The van der Waals surface area contributed by atoms with Gasteiger partial charge in [-0.3, -0.25) is 4.79 Å². The van der Waals surface area contributed by atoms with E-state index in [1.165, 1.54) is 5.57 Å². The van der Waals surface area contributed by atoms with Gasteiger partial charge in [-0.05, 0) is 104 Å². The number of carboxylic acid groups (broad SMARTS) is 1. The number of hydrogen-bond acceptors (Lipinski definition) is 3. The topological polar surface area (TPSA) is 74.6 Å². The molecule has 5 rings (SSSR count). The van der Waals surface area contributed by atoms with E-state index in [9.17, 15) is 19.8 Å². The zero-order valence-electron chi connectivity index (χ0n) is 22.2. The van der Waals surface area contributed by atoms with Crippen molar-refractivity contribution in [2.45, 2.75) is 112 Å². The second-order valence-electron chi connectivity index (χ2n) is 14.7. The average molecular weight is 471 g/mol. The van der Waals surface area contributed by atoms with Crippen LogP contribution in [0.1, 0.15) is 106 Å². The van der Waals surface area contributed by atoms with Gasteiger partial charge in [0.05, 0.1) is 16.9 Å². The van der Waals surface area contributed by atoms with Crippen LogP contribution in [0.15, 0.2) is 11.6 Å². The molecule has 9 atom stereocenters. The molecule has 0 radical (unpaired) electrons. The Balaban J connectivity index is 1.60. The highest BCUT2D eigenvalue weighted by Gasteiger charge is 2.69. The van der Waals surface area contributed by atoms with E-state index in [-0.39, 0.29) is 33.5 Å². The fourth-order valence-corrected chi connectivity index (χ4v) is 10.5. The number of aliphatic carboxylic acids is 1. The first kappa shape index (κ1) is 24.5. The molecule has 0 saturated heterocycles. The van der Waals surface area contributed by atoms with Crippen LogP contribution in [0.3, 0.4) is 0 Å². The van der Waals surface area contributed by atoms with E-state index in [4.69, 9.17) is 0 Å². The molecule has 34 heavy (non-hydrogen) atoms. The van der Waals surface area contributed by atoms with Crippen molar-refractivity contribution in [2.75, 3.05) is 0 Å². The summed E-state index contributed by atoms with van der Waals surface area (Å²) in [5.74, 6) is 0.201. The van der Waals surface area contributed by atoms with Crippen molar-refractivity contribution in [1.82, 2.24) is 0 Å². The Kier molecular flexibility index (Phi) is 5.20. The maximum Gasteiger partial charge on any atom is 0.310 e. The van der Waals surface area contributed by atoms with Crippen LogP contribution >= 0.6 is 0 Å². The van der Waals surface area contributed by atoms with Crippen LogP contribution < -0.4 is 0 Å². The maximum absolute atomic E-state index is 12.8. The van der Waals surface area contributed by atoms with Gasteiger partial charge in [0, 0.05) is 0 Å². The molecular formula is C30H46O4. The number of carbonyl (C=O) groups excluding carboxylic acids is 1. The van der Waals surface area contributed by atoms with Crippen LogP contribution in [0.5, 0.6) is 0 Å². The number of carboxylic acids is 1. The molecule has 4 saturated carbocycles. The maximum atomic E-state index is 12.8. The SMILES string of the molecule is CC1(C)CC[C@]2(C(=O)O)CC[C@]3(C)C(=CC[C@@H]4[C@@]5(C)CC[C@H](O)[C@@](C)(C=O)[C@H]5CC[C@]43C)[C@@H]2C1. The van der Waals surface area contributed by atoms with Crippen LogP contribution in [-0.2, 0) is 9.59 Å². The van der Waals surface area contributed by atoms with E-state index in [0.29, 0.717) is 12.3 Å². The van der Waals surface area contributed by atoms with Crippen LogP contribution in [0.2, 0.25) is 0 Å². The van der Waals surface area contributed by atoms with Gasteiger partial charge in [0.15, 0.2) is 0 Å². The summed E-state index contributed by atoms with van der Waals surface area (Å²) in [4.78, 5) is 25.1. The van der Waals surface area contributed by atoms with E-state index in [0.717, 1.165) is 64.1 Å². The van der Waals surface area contributed by atoms with Crippen molar-refractivity contribution in [2.24, 2.45) is 50.2 Å². The molecule has 0 aliphatic heterocycles. The minimum atomic E-state index is -0.669. The predicted molar refractivity (Wildman–Crippen MR) is 133 cm³/mol. The lowest BCUT2D eigenvalue weighted by atomic mass is 9.33. The first-order valence-corrected chi connectivity index (χ1v) is 13.8. The Morgan fingerprint density at radius 2 is 1.62 bits per heavy atom. The van der Waals surface area contributed by atoms with Gasteiger partial charge < -0.3 is 15.0 Å². The zero-order valence-corrected chi connectivity index (χ0v) is 22.2. The highest BCUT2D eigenvalue weighted by Crippen LogP contribution is 2.75. The molecule has 2 N–H and O–H groups in total. The lowest BCUT2D eigenvalue weighted by Crippen LogP contribution is -2.65. The third-order valence-electron chi connectivity index (χ3n) is 13.0. The second-order valence-corrected chi connectivity index (χ2v) is 14.7. The molecule has 0 aromatic rings. The Hall–Kier alpha value is -1.16.